The molecule has 0 aliphatic heterocycles. The molecule has 2 aromatic rings. The normalized spacial score (nSPS) is 14.3. The van der Waals surface area contributed by atoms with Crippen LogP contribution in [0.25, 0.3) is 17.3 Å². The van der Waals surface area contributed by atoms with Gasteiger partial charge in [0, 0.05) is 24.6 Å². The third kappa shape index (κ3) is 14.2. The molecule has 1 aromatic heterocycles. The summed E-state index contributed by atoms with van der Waals surface area (Å²) in [6.45, 7) is 3.18. The van der Waals surface area contributed by atoms with Crippen molar-refractivity contribution >= 4 is 28.0 Å². The molecule has 0 amide bonds. The summed E-state index contributed by atoms with van der Waals surface area (Å²) in [5, 5.41) is 55.0. The van der Waals surface area contributed by atoms with E-state index in [0.29, 0.717) is 29.7 Å². The first-order valence-corrected chi connectivity index (χ1v) is 16.3. The first-order chi connectivity index (χ1) is 22.0. The van der Waals surface area contributed by atoms with Gasteiger partial charge in [0.2, 0.25) is 16.0 Å². The third-order valence-corrected chi connectivity index (χ3v) is 7.77. The molecule has 6 N–H and O–H groups in total. The predicted molar refractivity (Wildman–Crippen MR) is 162 cm³/mol. The molecule has 0 saturated carbocycles. The molecule has 17 nitrogen and oxygen atoms in total. The number of esters is 1. The minimum atomic E-state index is -3.72. The van der Waals surface area contributed by atoms with Gasteiger partial charge in [-0.15, -0.1) is 0 Å². The lowest BCUT2D eigenvalue weighted by Crippen LogP contribution is -2.30. The number of anilines is 1. The van der Waals surface area contributed by atoms with Gasteiger partial charge in [0.05, 0.1) is 53.7 Å². The van der Waals surface area contributed by atoms with Crippen LogP contribution in [0.2, 0.25) is 0 Å². The fraction of sp³-hybridized carbons (Fsp3) is 0.536. The molecule has 47 heavy (non-hydrogen) atoms. The molecule has 0 aliphatic rings. The highest BCUT2D eigenvalue weighted by molar-refractivity contribution is 7.92. The summed E-state index contributed by atoms with van der Waals surface area (Å²) < 4.78 is 44.1. The Balaban J connectivity index is 2.14. The summed E-state index contributed by atoms with van der Waals surface area (Å²) in [6, 6.07) is 5.39. The van der Waals surface area contributed by atoms with Crippen molar-refractivity contribution in [3.05, 3.63) is 47.4 Å². The lowest BCUT2D eigenvalue weighted by molar-refractivity contribution is -0.506. The molecule has 3 unspecified atom stereocenters. The summed E-state index contributed by atoms with van der Waals surface area (Å²) >= 11 is 0. The van der Waals surface area contributed by atoms with E-state index in [1.165, 1.54) is 43.5 Å². The first kappa shape index (κ1) is 40.0. The van der Waals surface area contributed by atoms with Gasteiger partial charge in [0.25, 0.3) is 0 Å². The van der Waals surface area contributed by atoms with E-state index in [1.54, 1.807) is 0 Å². The van der Waals surface area contributed by atoms with E-state index in [2.05, 4.69) is 14.8 Å². The van der Waals surface area contributed by atoms with Crippen molar-refractivity contribution < 1.29 is 63.1 Å². The molecule has 264 valence electrons. The number of carbonyl (C=O) groups is 1. The Bertz CT molecular complexity index is 1410. The first-order valence-electron chi connectivity index (χ1n) is 14.4. The Morgan fingerprint density at radius 1 is 1.04 bits per heavy atom. The lowest BCUT2D eigenvalue weighted by Gasteiger charge is -2.20. The van der Waals surface area contributed by atoms with Crippen molar-refractivity contribution in [2.45, 2.75) is 70.2 Å². The fourth-order valence-electron chi connectivity index (χ4n) is 4.20. The molecule has 19 heteroatoms. The van der Waals surface area contributed by atoms with Gasteiger partial charge in [0.1, 0.15) is 18.5 Å². The van der Waals surface area contributed by atoms with Crippen molar-refractivity contribution in [2.24, 2.45) is 0 Å². The second-order valence-electron chi connectivity index (χ2n) is 10.8. The zero-order valence-electron chi connectivity index (χ0n) is 26.4. The Kier molecular flexibility index (Phi) is 16.1. The van der Waals surface area contributed by atoms with Crippen LogP contribution in [0.5, 0.6) is 0 Å². The number of sulfonamides is 1. The lowest BCUT2D eigenvalue weighted by atomic mass is 9.97. The van der Waals surface area contributed by atoms with E-state index in [1.807, 2.05) is 13.8 Å². The van der Waals surface area contributed by atoms with Crippen LogP contribution in [0.3, 0.4) is 0 Å². The number of halogens is 1. The number of unbranched alkanes of at least 4 members (excludes halogenated alkanes) is 1. The number of aliphatic hydroxyl groups excluding tert-OH is 2. The van der Waals surface area contributed by atoms with Crippen LogP contribution >= 0.6 is 0 Å². The largest absolute Gasteiger partial charge is 0.463 e. The third-order valence-electron chi connectivity index (χ3n) is 6.61. The molecule has 0 saturated heterocycles. The monoisotopic (exact) mass is 691 g/mol. The number of ether oxygens (including phenoxy) is 1. The Labute approximate surface area is 271 Å². The topological polar surface area (TPSA) is 236 Å². The van der Waals surface area contributed by atoms with Crippen LogP contribution < -0.4 is 4.31 Å². The predicted octanol–water partition coefficient (Wildman–Crippen LogP) is 2.42. The van der Waals surface area contributed by atoms with Gasteiger partial charge in [-0.1, -0.05) is 26.0 Å². The van der Waals surface area contributed by atoms with Crippen molar-refractivity contribution in [3.8, 4) is 11.3 Å². The van der Waals surface area contributed by atoms with Gasteiger partial charge in [-0.25, -0.2) is 31.9 Å². The molecular formula is C28H42FN5O12S. The second kappa shape index (κ2) is 19.0. The van der Waals surface area contributed by atoms with Crippen molar-refractivity contribution in [2.75, 3.05) is 30.8 Å². The van der Waals surface area contributed by atoms with Crippen LogP contribution in [-0.2, 0) is 29.2 Å². The molecule has 0 aliphatic carbocycles. The Hall–Kier alpha value is -3.21. The summed E-state index contributed by atoms with van der Waals surface area (Å²) in [6.07, 6.45) is 0.318. The molecule has 0 spiro atoms. The van der Waals surface area contributed by atoms with Gasteiger partial charge in [-0.05, 0) is 49.4 Å². The molecule has 2 rings (SSSR count). The van der Waals surface area contributed by atoms with Crippen LogP contribution in [-0.4, -0.2) is 111 Å². The maximum atomic E-state index is 13.7. The number of nitrogens with zero attached hydrogens (tertiary/aromatic N) is 5. The summed E-state index contributed by atoms with van der Waals surface area (Å²) in [4.78, 5) is 30.3. The number of carbonyl (C=O) groups excluding carboxylic acids is 1. The number of rotatable bonds is 20. The number of benzene rings is 1. The number of hydrogen-bond donors (Lipinski definition) is 6. The molecule has 0 radical (unpaired) electrons. The average Bonchev–Trinajstić information content (AvgIpc) is 2.97. The van der Waals surface area contributed by atoms with E-state index < -0.39 is 63.9 Å². The van der Waals surface area contributed by atoms with Gasteiger partial charge < -0.3 is 14.9 Å². The van der Waals surface area contributed by atoms with Crippen LogP contribution in [0.15, 0.2) is 30.3 Å². The van der Waals surface area contributed by atoms with Gasteiger partial charge in [-0.3, -0.25) is 30.5 Å². The maximum absolute atomic E-state index is 13.7. The van der Waals surface area contributed by atoms with Crippen molar-refractivity contribution in [1.82, 2.24) is 20.7 Å². The molecule has 1 aromatic carbocycles. The van der Waals surface area contributed by atoms with E-state index in [-0.39, 0.29) is 37.0 Å². The SMILES string of the molecule is CC(C)c1nc(N(C)S(C)(=O)=O)nc(-c2ccc(F)cc2)c1/C=C/C(O)CC(O)CC(=O)OCC(CCCCON(O)O)ON(O)O. The van der Waals surface area contributed by atoms with Crippen LogP contribution in [0, 0.1) is 5.82 Å². The summed E-state index contributed by atoms with van der Waals surface area (Å²) in [5.41, 5.74) is 1.60. The number of hydrogen-bond acceptors (Lipinski definition) is 16. The minimum Gasteiger partial charge on any atom is -0.463 e. The molecule has 1 heterocycles. The highest BCUT2D eigenvalue weighted by atomic mass is 32.2. The van der Waals surface area contributed by atoms with E-state index in [0.717, 1.165) is 10.6 Å². The molecular weight excluding hydrogens is 649 g/mol. The molecule has 0 fully saturated rings. The fourth-order valence-corrected chi connectivity index (χ4v) is 4.58. The van der Waals surface area contributed by atoms with Crippen molar-refractivity contribution in [3.63, 3.8) is 0 Å². The van der Waals surface area contributed by atoms with Crippen LogP contribution in [0.4, 0.5) is 10.3 Å². The smallest absolute Gasteiger partial charge is 0.308 e. The second-order valence-corrected chi connectivity index (χ2v) is 12.8. The zero-order valence-corrected chi connectivity index (χ0v) is 27.2. The minimum absolute atomic E-state index is 0.0599. The number of aromatic nitrogens is 2. The van der Waals surface area contributed by atoms with Crippen LogP contribution in [0.1, 0.15) is 63.1 Å². The summed E-state index contributed by atoms with van der Waals surface area (Å²) in [7, 11) is -2.41. The zero-order chi connectivity index (χ0) is 35.3. The summed E-state index contributed by atoms with van der Waals surface area (Å²) in [5.74, 6) is -1.69. The van der Waals surface area contributed by atoms with E-state index in [4.69, 9.17) is 30.4 Å². The van der Waals surface area contributed by atoms with Gasteiger partial charge >= 0.3 is 5.97 Å². The Morgan fingerprint density at radius 3 is 2.28 bits per heavy atom. The quantitative estimate of drug-likeness (QED) is 0.0664. The highest BCUT2D eigenvalue weighted by Crippen LogP contribution is 2.31. The Morgan fingerprint density at radius 2 is 1.70 bits per heavy atom. The van der Waals surface area contributed by atoms with E-state index >= 15 is 0 Å². The standard InChI is InChI=1S/C28H42FN5O12S/c1-18(2)26-24(27(19-8-10-20(29)11-9-19)31-28(30-26)32(3)47(4,42)43)13-12-21(35)15-22(36)16-25(37)44-17-23(46-34(40)41)7-5-6-14-45-33(38)39/h8-13,18,21-23,35-36,38-41H,5-7,14-17H2,1-4H3/b13-12+. The highest BCUT2D eigenvalue weighted by Gasteiger charge is 2.23. The number of aliphatic hydroxyl groups is 2. The van der Waals surface area contributed by atoms with Gasteiger partial charge in [-0.2, -0.15) is 0 Å². The average molecular weight is 692 g/mol. The molecule has 0 bridgehead atoms. The molecule has 3 atom stereocenters. The van der Waals surface area contributed by atoms with Gasteiger partial charge in [0.15, 0.2) is 0 Å². The van der Waals surface area contributed by atoms with Crippen molar-refractivity contribution in [1.29, 1.82) is 0 Å². The van der Waals surface area contributed by atoms with E-state index in [9.17, 15) is 27.8 Å². The maximum Gasteiger partial charge on any atom is 0.308 e.